The van der Waals surface area contributed by atoms with Gasteiger partial charge >= 0.3 is 0 Å². The minimum absolute atomic E-state index is 0.152. The highest BCUT2D eigenvalue weighted by Crippen LogP contribution is 2.28. The molecule has 16 nitrogen and oxygen atoms in total. The summed E-state index contributed by atoms with van der Waals surface area (Å²) in [7, 11) is 2.84. The van der Waals surface area contributed by atoms with Crippen LogP contribution in [0.1, 0.15) is 105 Å². The van der Waals surface area contributed by atoms with Gasteiger partial charge in [0.1, 0.15) is 35.0 Å². The summed E-state index contributed by atoms with van der Waals surface area (Å²) in [6, 6.07) is 3.42. The third-order valence-electron chi connectivity index (χ3n) is 10.2. The molecule has 7 atom stereocenters. The highest BCUT2D eigenvalue weighted by Gasteiger charge is 2.41. The molecule has 0 radical (unpaired) electrons. The summed E-state index contributed by atoms with van der Waals surface area (Å²) < 4.78 is 0. The second-order valence-electron chi connectivity index (χ2n) is 17.9. The van der Waals surface area contributed by atoms with Crippen molar-refractivity contribution >= 4 is 52.6 Å². The molecule has 2 heterocycles. The van der Waals surface area contributed by atoms with Gasteiger partial charge in [-0.15, -0.1) is 11.3 Å². The largest absolute Gasteiger partial charge is 0.363 e. The number of nitrogens with zero attached hydrogens (tertiary/aromatic N) is 3. The number of hydroxylamine groups is 2. The van der Waals surface area contributed by atoms with Crippen LogP contribution in [0, 0.1) is 22.7 Å². The van der Waals surface area contributed by atoms with Crippen molar-refractivity contribution in [2.24, 2.45) is 27.7 Å². The van der Waals surface area contributed by atoms with Gasteiger partial charge in [0.05, 0.1) is 32.2 Å². The van der Waals surface area contributed by atoms with Crippen molar-refractivity contribution in [3.63, 3.8) is 0 Å². The summed E-state index contributed by atoms with van der Waals surface area (Å²) in [4.78, 5) is 97.5. The van der Waals surface area contributed by atoms with Crippen LogP contribution in [-0.2, 0) is 33.6 Å². The number of hydrogen-bond donors (Lipinski definition) is 6. The van der Waals surface area contributed by atoms with E-state index in [9.17, 15) is 28.8 Å². The molecule has 0 unspecified atom stereocenters. The lowest BCUT2D eigenvalue weighted by Gasteiger charge is -2.37. The van der Waals surface area contributed by atoms with Gasteiger partial charge in [-0.25, -0.2) is 10.0 Å². The molecule has 59 heavy (non-hydrogen) atoms. The lowest BCUT2D eigenvalue weighted by molar-refractivity contribution is -0.169. The van der Waals surface area contributed by atoms with Gasteiger partial charge in [0.15, 0.2) is 0 Å². The first-order valence-electron chi connectivity index (χ1n) is 20.0. The second-order valence-corrected chi connectivity index (χ2v) is 18.8. The fraction of sp³-hybridized carbons (Fsp3) is 0.619. The SMILES string of the molecule is CON(C)C(=O)C[C@@H](NC(=O)[C@@H](NC(=O)[C@@H](/N=C1\NCC(=O)N[C@@H](C(C)C)C(=O)N[C@@H](C(C)C)C(=O)N[C@H]1C(C)(C)C)C(C)(C)C)[C@@H](C)c1ccccc1)c1nccs1. The number of benzene rings is 1. The van der Waals surface area contributed by atoms with Gasteiger partial charge in [-0.05, 0) is 28.2 Å². The van der Waals surface area contributed by atoms with E-state index in [0.717, 1.165) is 10.6 Å². The average molecular weight is 840 g/mol. The van der Waals surface area contributed by atoms with Gasteiger partial charge in [-0.2, -0.15) is 0 Å². The maximum Gasteiger partial charge on any atom is 0.248 e. The van der Waals surface area contributed by atoms with Gasteiger partial charge < -0.3 is 31.9 Å². The fourth-order valence-electron chi connectivity index (χ4n) is 6.51. The van der Waals surface area contributed by atoms with Gasteiger partial charge in [-0.1, -0.05) is 106 Å². The normalized spacial score (nSPS) is 21.1. The highest BCUT2D eigenvalue weighted by molar-refractivity contribution is 7.09. The Bertz CT molecular complexity index is 1790. The Morgan fingerprint density at radius 1 is 0.898 bits per heavy atom. The number of carbonyl (C=O) groups is 6. The van der Waals surface area contributed by atoms with Gasteiger partial charge in [0, 0.05) is 24.5 Å². The molecule has 6 amide bonds. The van der Waals surface area contributed by atoms with Crippen LogP contribution in [-0.4, -0.2) is 102 Å². The van der Waals surface area contributed by atoms with Crippen molar-refractivity contribution in [3.8, 4) is 0 Å². The molecule has 1 fully saturated rings. The molecular formula is C42H65N9O7S. The summed E-state index contributed by atoms with van der Waals surface area (Å²) in [5, 5.41) is 21.1. The maximum atomic E-state index is 14.8. The summed E-state index contributed by atoms with van der Waals surface area (Å²) >= 11 is 1.28. The maximum absolute atomic E-state index is 14.8. The molecule has 1 aliphatic rings. The lowest BCUT2D eigenvalue weighted by Crippen LogP contribution is -2.63. The zero-order valence-corrected chi connectivity index (χ0v) is 37.6. The second kappa shape index (κ2) is 20.9. The number of amidine groups is 1. The van der Waals surface area contributed by atoms with Crippen molar-refractivity contribution in [3.05, 3.63) is 52.5 Å². The molecule has 6 N–H and O–H groups in total. The molecule has 1 aromatic heterocycles. The summed E-state index contributed by atoms with van der Waals surface area (Å²) in [6.07, 6.45) is 1.43. The smallest absolute Gasteiger partial charge is 0.248 e. The Kier molecular flexibility index (Phi) is 17.1. The summed E-state index contributed by atoms with van der Waals surface area (Å²) in [5.41, 5.74) is -0.788. The van der Waals surface area contributed by atoms with E-state index in [4.69, 9.17) is 9.83 Å². The van der Waals surface area contributed by atoms with Crippen LogP contribution in [0.5, 0.6) is 0 Å². The fourth-order valence-corrected chi connectivity index (χ4v) is 7.20. The molecule has 0 bridgehead atoms. The third kappa shape index (κ3) is 13.6. The van der Waals surface area contributed by atoms with Gasteiger partial charge in [-0.3, -0.25) is 38.6 Å². The first-order chi connectivity index (χ1) is 27.5. The molecule has 2 aromatic rings. The molecule has 17 heteroatoms. The van der Waals surface area contributed by atoms with E-state index in [-0.39, 0.29) is 30.6 Å². The minimum Gasteiger partial charge on any atom is -0.363 e. The van der Waals surface area contributed by atoms with Crippen LogP contribution in [0.15, 0.2) is 46.9 Å². The van der Waals surface area contributed by atoms with Crippen molar-refractivity contribution in [2.75, 3.05) is 20.7 Å². The van der Waals surface area contributed by atoms with E-state index in [2.05, 4.69) is 36.9 Å². The standard InChI is InChI=1S/C42H65N9O7S/c1-23(2)30-36(54)47-31(24(3)4)37(55)50-33(41(6,7)8)35(44-22-28(52)46-30)49-34(42(9,10)11)39(57)48-32(25(5)26-17-15-14-16-18-26)38(56)45-27(40-43-19-20-59-40)21-29(53)51(12)58-13/h14-20,23-25,27,30-34H,21-22H2,1-13H3,(H,44,49)(H,45,56)(H,46,52)(H,47,54)(H,48,57)(H,50,55)/t25-,27+,30-,31-,32-,33+,34+/m0/s1. The van der Waals surface area contributed by atoms with Crippen molar-refractivity contribution in [1.82, 2.24) is 41.9 Å². The number of nitrogens with one attached hydrogen (secondary N) is 6. The quantitative estimate of drug-likeness (QED) is 0.163. The predicted octanol–water partition coefficient (Wildman–Crippen LogP) is 3.23. The molecule has 326 valence electrons. The van der Waals surface area contributed by atoms with E-state index in [0.29, 0.717) is 5.01 Å². The van der Waals surface area contributed by atoms with E-state index in [1.807, 2.05) is 92.6 Å². The molecule has 0 saturated carbocycles. The highest BCUT2D eigenvalue weighted by atomic mass is 32.1. The molecular weight excluding hydrogens is 775 g/mol. The van der Waals surface area contributed by atoms with Crippen LogP contribution in [0.2, 0.25) is 0 Å². The Balaban J connectivity index is 2.14. The van der Waals surface area contributed by atoms with Gasteiger partial charge in [0.25, 0.3) is 0 Å². The van der Waals surface area contributed by atoms with Crippen LogP contribution >= 0.6 is 11.3 Å². The zero-order chi connectivity index (χ0) is 44.4. The van der Waals surface area contributed by atoms with Gasteiger partial charge in [0.2, 0.25) is 35.4 Å². The van der Waals surface area contributed by atoms with Crippen LogP contribution < -0.4 is 31.9 Å². The minimum atomic E-state index is -1.16. The molecule has 0 spiro atoms. The molecule has 1 aromatic carbocycles. The number of amides is 6. The Morgan fingerprint density at radius 3 is 2.02 bits per heavy atom. The third-order valence-corrected chi connectivity index (χ3v) is 11.1. The topological polar surface area (TPSA) is 212 Å². The average Bonchev–Trinajstić information content (AvgIpc) is 3.70. The Hall–Kier alpha value is -4.90. The first-order valence-corrected chi connectivity index (χ1v) is 20.9. The number of rotatable bonds is 13. The summed E-state index contributed by atoms with van der Waals surface area (Å²) in [6.45, 7) is 19.9. The Morgan fingerprint density at radius 2 is 1.49 bits per heavy atom. The van der Waals surface area contributed by atoms with Crippen LogP contribution in [0.3, 0.4) is 0 Å². The zero-order valence-electron chi connectivity index (χ0n) is 36.8. The van der Waals surface area contributed by atoms with Crippen molar-refractivity contribution in [2.45, 2.75) is 125 Å². The van der Waals surface area contributed by atoms with E-state index in [1.165, 1.54) is 25.5 Å². The van der Waals surface area contributed by atoms with E-state index in [1.54, 1.807) is 25.4 Å². The number of aromatic nitrogens is 1. The predicted molar refractivity (Wildman–Crippen MR) is 228 cm³/mol. The Labute approximate surface area is 352 Å². The number of carbonyl (C=O) groups excluding carboxylic acids is 6. The van der Waals surface area contributed by atoms with E-state index < -0.39 is 88.4 Å². The first kappa shape index (κ1) is 48.5. The molecule has 0 aliphatic carbocycles. The summed E-state index contributed by atoms with van der Waals surface area (Å²) in [5.74, 6) is -3.90. The van der Waals surface area contributed by atoms with Crippen LogP contribution in [0.4, 0.5) is 0 Å². The van der Waals surface area contributed by atoms with E-state index >= 15 is 0 Å². The number of hydrogen-bond acceptors (Lipinski definition) is 10. The monoisotopic (exact) mass is 839 g/mol. The molecule has 1 aliphatic heterocycles. The number of thiazole rings is 1. The lowest BCUT2D eigenvalue weighted by atomic mass is 9.83. The number of aliphatic imine (C=N–C) groups is 1. The molecule has 3 rings (SSSR count). The van der Waals surface area contributed by atoms with Crippen molar-refractivity contribution in [1.29, 1.82) is 0 Å². The van der Waals surface area contributed by atoms with Crippen molar-refractivity contribution < 1.29 is 33.6 Å². The molecule has 1 saturated heterocycles. The van der Waals surface area contributed by atoms with Crippen LogP contribution in [0.25, 0.3) is 0 Å².